The average molecular weight is 490 g/mol. The Morgan fingerprint density at radius 1 is 0.794 bits per heavy atom. The number of benzene rings is 3. The van der Waals surface area contributed by atoms with Gasteiger partial charge in [0.25, 0.3) is 0 Å². The first-order valence-corrected chi connectivity index (χ1v) is 11.6. The summed E-state index contributed by atoms with van der Waals surface area (Å²) in [6.45, 7) is 0. The summed E-state index contributed by atoms with van der Waals surface area (Å²) in [6, 6.07) is 19.2. The maximum atomic E-state index is 13.8. The normalized spacial score (nSPS) is 24.8. The lowest BCUT2D eigenvalue weighted by Crippen LogP contribution is -2.44. The maximum Gasteiger partial charge on any atom is 0.240 e. The van der Waals surface area contributed by atoms with E-state index < -0.39 is 29.8 Å². The average Bonchev–Trinajstić information content (AvgIpc) is 3.32. The molecule has 2 saturated heterocycles. The molecule has 6 rings (SSSR count). The fourth-order valence-electron chi connectivity index (χ4n) is 5.30. The second-order valence-corrected chi connectivity index (χ2v) is 9.43. The van der Waals surface area contributed by atoms with Crippen molar-refractivity contribution in [2.24, 2.45) is 16.9 Å². The molecule has 3 heterocycles. The molecule has 3 aromatic rings. The van der Waals surface area contributed by atoms with Crippen LogP contribution in [-0.2, 0) is 9.59 Å². The minimum Gasteiger partial charge on any atom is -0.292 e. The lowest BCUT2D eigenvalue weighted by atomic mass is 9.83. The highest BCUT2D eigenvalue weighted by Gasteiger charge is 2.65. The molecule has 3 aliphatic heterocycles. The molecule has 0 aromatic heterocycles. The van der Waals surface area contributed by atoms with Crippen molar-refractivity contribution in [3.8, 4) is 0 Å². The lowest BCUT2D eigenvalue weighted by molar-refractivity contribution is -0.124. The number of Topliss-reactive ketones (excluding diaryl/α,β-unsaturated/α-hetero) is 1. The van der Waals surface area contributed by atoms with Crippen molar-refractivity contribution in [2.45, 2.75) is 12.1 Å². The summed E-state index contributed by atoms with van der Waals surface area (Å²) in [5.74, 6) is -2.65. The summed E-state index contributed by atoms with van der Waals surface area (Å²) in [7, 11) is 0. The van der Waals surface area contributed by atoms with E-state index in [0.29, 0.717) is 21.3 Å². The first kappa shape index (κ1) is 21.1. The van der Waals surface area contributed by atoms with Crippen LogP contribution in [0.15, 0.2) is 77.9 Å². The maximum absolute atomic E-state index is 13.8. The number of nitrogens with zero attached hydrogens (tertiary/aromatic N) is 3. The highest BCUT2D eigenvalue weighted by atomic mass is 35.5. The summed E-state index contributed by atoms with van der Waals surface area (Å²) in [5, 5.41) is 7.21. The van der Waals surface area contributed by atoms with Crippen LogP contribution in [0.5, 0.6) is 0 Å². The van der Waals surface area contributed by atoms with E-state index in [9.17, 15) is 14.4 Å². The van der Waals surface area contributed by atoms with Gasteiger partial charge in [-0.2, -0.15) is 5.10 Å². The zero-order valence-corrected chi connectivity index (χ0v) is 19.1. The minimum absolute atomic E-state index is 0.273. The highest BCUT2D eigenvalue weighted by molar-refractivity contribution is 6.31. The molecule has 0 radical (unpaired) electrons. The Balaban J connectivity index is 1.49. The van der Waals surface area contributed by atoms with E-state index in [1.807, 2.05) is 24.3 Å². The number of hydrazone groups is 1. The molecule has 2 fully saturated rings. The van der Waals surface area contributed by atoms with Crippen molar-refractivity contribution >= 4 is 52.7 Å². The zero-order chi connectivity index (χ0) is 23.6. The fraction of sp³-hybridized carbons (Fsp3) is 0.154. The molecule has 1 unspecified atom stereocenters. The highest BCUT2D eigenvalue weighted by Crippen LogP contribution is 2.53. The Labute approximate surface area is 205 Å². The largest absolute Gasteiger partial charge is 0.292 e. The molecule has 0 spiro atoms. The molecule has 3 aliphatic rings. The van der Waals surface area contributed by atoms with Crippen molar-refractivity contribution in [1.29, 1.82) is 0 Å². The van der Waals surface area contributed by atoms with Crippen molar-refractivity contribution < 1.29 is 14.4 Å². The van der Waals surface area contributed by atoms with E-state index in [1.54, 1.807) is 59.8 Å². The molecule has 8 heteroatoms. The van der Waals surface area contributed by atoms with Crippen LogP contribution in [0.4, 0.5) is 5.69 Å². The molecule has 0 N–H and O–H groups in total. The number of halogens is 2. The van der Waals surface area contributed by atoms with E-state index >= 15 is 0 Å². The third-order valence-corrected chi connectivity index (χ3v) is 7.28. The Kier molecular flexibility index (Phi) is 4.83. The first-order valence-electron chi connectivity index (χ1n) is 10.8. The van der Waals surface area contributed by atoms with Gasteiger partial charge >= 0.3 is 0 Å². The Bertz CT molecular complexity index is 1370. The van der Waals surface area contributed by atoms with E-state index in [2.05, 4.69) is 5.10 Å². The van der Waals surface area contributed by atoms with Gasteiger partial charge < -0.3 is 0 Å². The number of carbonyl (C=O) groups is 3. The smallest absolute Gasteiger partial charge is 0.240 e. The van der Waals surface area contributed by atoms with Crippen LogP contribution in [0.3, 0.4) is 0 Å². The van der Waals surface area contributed by atoms with Gasteiger partial charge in [0.05, 0.1) is 29.8 Å². The molecule has 168 valence electrons. The van der Waals surface area contributed by atoms with Gasteiger partial charge in [0.15, 0.2) is 5.78 Å². The number of carbonyl (C=O) groups excluding carboxylic acids is 3. The standard InChI is InChI=1S/C26H17Cl2N3O3/c27-16-7-5-14(6-8-16)24(32)23-21-20(22-19-4-2-1-3-15(19)13-29-31(22)23)25(33)30(26(21)34)18-11-9-17(28)10-12-18/h1-13,20-23H/t20-,21+,22?,23-/m0/s1. The van der Waals surface area contributed by atoms with Gasteiger partial charge in [-0.1, -0.05) is 47.5 Å². The quantitative estimate of drug-likeness (QED) is 0.393. The van der Waals surface area contributed by atoms with E-state index in [4.69, 9.17) is 23.2 Å². The van der Waals surface area contributed by atoms with Crippen LogP contribution >= 0.6 is 23.2 Å². The van der Waals surface area contributed by atoms with Gasteiger partial charge in [-0.15, -0.1) is 0 Å². The topological polar surface area (TPSA) is 70.0 Å². The second kappa shape index (κ2) is 7.79. The molecular weight excluding hydrogens is 473 g/mol. The van der Waals surface area contributed by atoms with Gasteiger partial charge in [0.1, 0.15) is 6.04 Å². The molecule has 3 aromatic carbocycles. The van der Waals surface area contributed by atoms with Crippen molar-refractivity contribution in [3.05, 3.63) is 99.5 Å². The van der Waals surface area contributed by atoms with Crippen LogP contribution in [0, 0.1) is 11.8 Å². The molecule has 6 nitrogen and oxygen atoms in total. The predicted molar refractivity (Wildman–Crippen MR) is 129 cm³/mol. The Hall–Kier alpha value is -3.48. The van der Waals surface area contributed by atoms with Crippen molar-refractivity contribution in [1.82, 2.24) is 5.01 Å². The first-order chi connectivity index (χ1) is 16.5. The summed E-state index contributed by atoms with van der Waals surface area (Å²) in [5.41, 5.74) is 2.59. The third-order valence-electron chi connectivity index (χ3n) is 6.78. The molecule has 0 bridgehead atoms. The number of hydrogen-bond donors (Lipinski definition) is 0. The van der Waals surface area contributed by atoms with Crippen LogP contribution in [0.2, 0.25) is 10.0 Å². The number of ketones is 1. The van der Waals surface area contributed by atoms with Gasteiger partial charge in [0, 0.05) is 15.6 Å². The van der Waals surface area contributed by atoms with Crippen LogP contribution in [0.1, 0.15) is 27.5 Å². The van der Waals surface area contributed by atoms with E-state index in [-0.39, 0.29) is 11.7 Å². The minimum atomic E-state index is -0.922. The van der Waals surface area contributed by atoms with Gasteiger partial charge in [-0.3, -0.25) is 19.4 Å². The lowest BCUT2D eigenvalue weighted by Gasteiger charge is -2.33. The van der Waals surface area contributed by atoms with E-state index in [1.165, 1.54) is 4.90 Å². The number of rotatable bonds is 3. The number of hydrogen-bond acceptors (Lipinski definition) is 5. The summed E-state index contributed by atoms with van der Waals surface area (Å²) < 4.78 is 0. The Morgan fingerprint density at radius 3 is 2.12 bits per heavy atom. The Morgan fingerprint density at radius 2 is 1.41 bits per heavy atom. The number of anilines is 1. The third kappa shape index (κ3) is 3.02. The van der Waals surface area contributed by atoms with E-state index in [0.717, 1.165) is 11.1 Å². The molecule has 4 atom stereocenters. The SMILES string of the molecule is O=C(c1ccc(Cl)cc1)[C@@H]1[C@@H]2C(=O)N(c3ccc(Cl)cc3)C(=O)[C@@H]2C2c3ccccc3C=NN21. The molecule has 2 amide bonds. The number of amides is 2. The summed E-state index contributed by atoms with van der Waals surface area (Å²) in [6.07, 6.45) is 1.68. The zero-order valence-electron chi connectivity index (χ0n) is 17.6. The number of imide groups is 1. The van der Waals surface area contributed by atoms with Gasteiger partial charge in [-0.05, 0) is 59.7 Å². The van der Waals surface area contributed by atoms with Gasteiger partial charge in [0.2, 0.25) is 11.8 Å². The summed E-state index contributed by atoms with van der Waals surface area (Å²) in [4.78, 5) is 42.5. The van der Waals surface area contributed by atoms with Crippen LogP contribution < -0.4 is 4.90 Å². The molecule has 0 saturated carbocycles. The van der Waals surface area contributed by atoms with Crippen molar-refractivity contribution in [3.63, 3.8) is 0 Å². The number of fused-ring (bicyclic) bond motifs is 5. The van der Waals surface area contributed by atoms with Gasteiger partial charge in [-0.25, -0.2) is 4.90 Å². The fourth-order valence-corrected chi connectivity index (χ4v) is 5.55. The molecule has 34 heavy (non-hydrogen) atoms. The van der Waals surface area contributed by atoms with Crippen molar-refractivity contribution in [2.75, 3.05) is 4.90 Å². The van der Waals surface area contributed by atoms with Crippen LogP contribution in [0.25, 0.3) is 0 Å². The molecular formula is C26H17Cl2N3O3. The summed E-state index contributed by atoms with van der Waals surface area (Å²) >= 11 is 12.0. The van der Waals surface area contributed by atoms with Crippen LogP contribution in [-0.4, -0.2) is 34.9 Å². The predicted octanol–water partition coefficient (Wildman–Crippen LogP) is 4.75. The second-order valence-electron chi connectivity index (χ2n) is 8.55. The monoisotopic (exact) mass is 489 g/mol. The molecule has 0 aliphatic carbocycles.